The van der Waals surface area contributed by atoms with Gasteiger partial charge in [0.2, 0.25) is 11.8 Å². The summed E-state index contributed by atoms with van der Waals surface area (Å²) in [6, 6.07) is 0. The summed E-state index contributed by atoms with van der Waals surface area (Å²) >= 11 is 1.87. The van der Waals surface area contributed by atoms with Crippen LogP contribution in [-0.4, -0.2) is 28.8 Å². The van der Waals surface area contributed by atoms with E-state index in [1.165, 1.54) is 5.75 Å². The van der Waals surface area contributed by atoms with Gasteiger partial charge in [-0.1, -0.05) is 6.92 Å². The van der Waals surface area contributed by atoms with Crippen molar-refractivity contribution >= 4 is 11.8 Å². The van der Waals surface area contributed by atoms with Crippen molar-refractivity contribution in [2.75, 3.05) is 18.6 Å². The summed E-state index contributed by atoms with van der Waals surface area (Å²) in [6.45, 7) is 5.68. The van der Waals surface area contributed by atoms with Crippen LogP contribution in [0.4, 0.5) is 0 Å². The van der Waals surface area contributed by atoms with Crippen LogP contribution in [0.15, 0.2) is 4.42 Å². The first kappa shape index (κ1) is 11.5. The monoisotopic (exact) mass is 215 g/mol. The molecule has 4 nitrogen and oxygen atoms in total. The van der Waals surface area contributed by atoms with Crippen molar-refractivity contribution in [1.82, 2.24) is 15.5 Å². The molecule has 0 saturated carbocycles. The van der Waals surface area contributed by atoms with Crippen molar-refractivity contribution in [2.24, 2.45) is 5.92 Å². The number of aryl methyl sites for hydroxylation is 1. The van der Waals surface area contributed by atoms with Crippen molar-refractivity contribution in [1.29, 1.82) is 0 Å². The summed E-state index contributed by atoms with van der Waals surface area (Å²) in [7, 11) is 0. The summed E-state index contributed by atoms with van der Waals surface area (Å²) in [5.74, 6) is 3.14. The molecule has 1 aromatic rings. The standard InChI is InChI=1S/C9H17N3OS/c1-7(6-14-3)4-10-5-9-12-11-8(2)13-9/h7,10H,4-6H2,1-3H3. The number of nitrogens with one attached hydrogen (secondary N) is 1. The second kappa shape index (κ2) is 6.03. The van der Waals surface area contributed by atoms with Gasteiger partial charge in [-0.05, 0) is 24.5 Å². The average Bonchev–Trinajstić information content (AvgIpc) is 2.52. The predicted molar refractivity (Wildman–Crippen MR) is 58.3 cm³/mol. The normalized spacial score (nSPS) is 13.1. The highest BCUT2D eigenvalue weighted by molar-refractivity contribution is 7.98. The van der Waals surface area contributed by atoms with E-state index in [1.54, 1.807) is 6.92 Å². The van der Waals surface area contributed by atoms with Gasteiger partial charge in [0, 0.05) is 6.92 Å². The van der Waals surface area contributed by atoms with Gasteiger partial charge in [0.25, 0.3) is 0 Å². The van der Waals surface area contributed by atoms with Gasteiger partial charge >= 0.3 is 0 Å². The van der Waals surface area contributed by atoms with E-state index in [1.807, 2.05) is 11.8 Å². The van der Waals surface area contributed by atoms with Crippen LogP contribution in [-0.2, 0) is 6.54 Å². The molecule has 1 unspecified atom stereocenters. The van der Waals surface area contributed by atoms with Crippen molar-refractivity contribution in [2.45, 2.75) is 20.4 Å². The van der Waals surface area contributed by atoms with Crippen LogP contribution in [0.1, 0.15) is 18.7 Å². The molecule has 1 rings (SSSR count). The Bertz CT molecular complexity index is 264. The molecular formula is C9H17N3OS. The maximum atomic E-state index is 5.24. The van der Waals surface area contributed by atoms with Crippen LogP contribution in [0.25, 0.3) is 0 Å². The molecule has 0 saturated heterocycles. The molecule has 80 valence electrons. The molecule has 0 aliphatic heterocycles. The lowest BCUT2D eigenvalue weighted by atomic mass is 10.2. The highest BCUT2D eigenvalue weighted by Gasteiger charge is 2.03. The van der Waals surface area contributed by atoms with Crippen LogP contribution >= 0.6 is 11.8 Å². The van der Waals surface area contributed by atoms with Crippen LogP contribution in [0, 0.1) is 12.8 Å². The summed E-state index contributed by atoms with van der Waals surface area (Å²) in [4.78, 5) is 0. The second-order valence-electron chi connectivity index (χ2n) is 3.41. The first-order valence-corrected chi connectivity index (χ1v) is 6.10. The van der Waals surface area contributed by atoms with Gasteiger partial charge in [0.1, 0.15) is 0 Å². The maximum absolute atomic E-state index is 5.24. The van der Waals surface area contributed by atoms with E-state index in [0.717, 1.165) is 6.54 Å². The molecule has 1 heterocycles. The van der Waals surface area contributed by atoms with Crippen LogP contribution in [0.3, 0.4) is 0 Å². The zero-order valence-corrected chi connectivity index (χ0v) is 9.73. The molecule has 0 aromatic carbocycles. The van der Waals surface area contributed by atoms with E-state index in [0.29, 0.717) is 24.2 Å². The fourth-order valence-electron chi connectivity index (χ4n) is 1.18. The Morgan fingerprint density at radius 2 is 2.29 bits per heavy atom. The quantitative estimate of drug-likeness (QED) is 0.778. The molecule has 0 aliphatic carbocycles. The van der Waals surface area contributed by atoms with E-state index in [9.17, 15) is 0 Å². The lowest BCUT2D eigenvalue weighted by Crippen LogP contribution is -2.22. The third-order valence-electron chi connectivity index (χ3n) is 1.79. The van der Waals surface area contributed by atoms with Gasteiger partial charge < -0.3 is 9.73 Å². The highest BCUT2D eigenvalue weighted by atomic mass is 32.2. The summed E-state index contributed by atoms with van der Waals surface area (Å²) in [6.07, 6.45) is 2.12. The Hall–Kier alpha value is -0.550. The molecular weight excluding hydrogens is 198 g/mol. The summed E-state index contributed by atoms with van der Waals surface area (Å²) in [5, 5.41) is 11.0. The average molecular weight is 215 g/mol. The third kappa shape index (κ3) is 4.11. The number of hydrogen-bond acceptors (Lipinski definition) is 5. The van der Waals surface area contributed by atoms with Gasteiger partial charge in [-0.25, -0.2) is 0 Å². The first-order chi connectivity index (χ1) is 6.72. The van der Waals surface area contributed by atoms with Gasteiger partial charge in [-0.15, -0.1) is 10.2 Å². The largest absolute Gasteiger partial charge is 0.424 e. The van der Waals surface area contributed by atoms with E-state index in [-0.39, 0.29) is 0 Å². The highest BCUT2D eigenvalue weighted by Crippen LogP contribution is 2.03. The lowest BCUT2D eigenvalue weighted by molar-refractivity contribution is 0.436. The Kier molecular flexibility index (Phi) is 4.97. The zero-order valence-electron chi connectivity index (χ0n) is 8.91. The van der Waals surface area contributed by atoms with Gasteiger partial charge in [-0.2, -0.15) is 11.8 Å². The van der Waals surface area contributed by atoms with Crippen LogP contribution in [0.2, 0.25) is 0 Å². The van der Waals surface area contributed by atoms with Crippen molar-refractivity contribution in [3.63, 3.8) is 0 Å². The molecule has 14 heavy (non-hydrogen) atoms. The number of aromatic nitrogens is 2. The predicted octanol–water partition coefficient (Wildman–Crippen LogP) is 1.47. The Balaban J connectivity index is 2.15. The molecule has 0 spiro atoms. The number of rotatable bonds is 6. The second-order valence-corrected chi connectivity index (χ2v) is 4.32. The SMILES string of the molecule is CSCC(C)CNCc1nnc(C)o1. The molecule has 1 atom stereocenters. The third-order valence-corrected chi connectivity index (χ3v) is 2.69. The minimum Gasteiger partial charge on any atom is -0.424 e. The molecule has 0 aliphatic rings. The molecule has 0 amide bonds. The summed E-state index contributed by atoms with van der Waals surface area (Å²) in [5.41, 5.74) is 0. The zero-order chi connectivity index (χ0) is 10.4. The minimum atomic E-state index is 0.624. The minimum absolute atomic E-state index is 0.624. The Morgan fingerprint density at radius 1 is 1.50 bits per heavy atom. The maximum Gasteiger partial charge on any atom is 0.230 e. The fraction of sp³-hybridized carbons (Fsp3) is 0.778. The summed E-state index contributed by atoms with van der Waals surface area (Å²) < 4.78 is 5.24. The Labute approximate surface area is 88.9 Å². The number of thioether (sulfide) groups is 1. The molecule has 1 aromatic heterocycles. The van der Waals surface area contributed by atoms with Crippen molar-refractivity contribution in [3.05, 3.63) is 11.8 Å². The topological polar surface area (TPSA) is 51.0 Å². The molecule has 5 heteroatoms. The van der Waals surface area contributed by atoms with E-state index in [4.69, 9.17) is 4.42 Å². The number of nitrogens with zero attached hydrogens (tertiary/aromatic N) is 2. The molecule has 0 bridgehead atoms. The molecule has 1 N–H and O–H groups in total. The molecule has 0 fully saturated rings. The van der Waals surface area contributed by atoms with E-state index >= 15 is 0 Å². The van der Waals surface area contributed by atoms with Crippen LogP contribution in [0.5, 0.6) is 0 Å². The van der Waals surface area contributed by atoms with E-state index < -0.39 is 0 Å². The van der Waals surface area contributed by atoms with E-state index in [2.05, 4.69) is 28.7 Å². The molecule has 0 radical (unpaired) electrons. The van der Waals surface area contributed by atoms with Crippen molar-refractivity contribution < 1.29 is 4.42 Å². The fourth-order valence-corrected chi connectivity index (χ4v) is 1.86. The van der Waals surface area contributed by atoms with Gasteiger partial charge in [0.05, 0.1) is 6.54 Å². The van der Waals surface area contributed by atoms with Gasteiger partial charge in [0.15, 0.2) is 0 Å². The van der Waals surface area contributed by atoms with Crippen molar-refractivity contribution in [3.8, 4) is 0 Å². The Morgan fingerprint density at radius 3 is 2.86 bits per heavy atom. The first-order valence-electron chi connectivity index (χ1n) is 4.71. The smallest absolute Gasteiger partial charge is 0.230 e. The van der Waals surface area contributed by atoms with Crippen LogP contribution < -0.4 is 5.32 Å². The van der Waals surface area contributed by atoms with Gasteiger partial charge in [-0.3, -0.25) is 0 Å². The lowest BCUT2D eigenvalue weighted by Gasteiger charge is -2.09. The number of hydrogen-bond donors (Lipinski definition) is 1.